The van der Waals surface area contributed by atoms with Crippen LogP contribution >= 0.6 is 0 Å². The lowest BCUT2D eigenvalue weighted by Gasteiger charge is -2.07. The van der Waals surface area contributed by atoms with Gasteiger partial charge in [0.1, 0.15) is 0 Å². The van der Waals surface area contributed by atoms with E-state index < -0.39 is 24.1 Å². The molecule has 2 unspecified atom stereocenters. The van der Waals surface area contributed by atoms with Crippen molar-refractivity contribution < 1.29 is 30.0 Å². The van der Waals surface area contributed by atoms with Crippen LogP contribution in [0.4, 0.5) is 0 Å². The number of benzene rings is 1. The molecule has 0 bridgehead atoms. The number of aliphatic carboxylic acids is 2. The first-order valence-corrected chi connectivity index (χ1v) is 5.97. The molecule has 2 rings (SSSR count). The molecule has 0 saturated heterocycles. The maximum Gasteiger partial charge on any atom is 0.335 e. The van der Waals surface area contributed by atoms with Gasteiger partial charge in [-0.3, -0.25) is 0 Å². The van der Waals surface area contributed by atoms with Gasteiger partial charge in [0.2, 0.25) is 0 Å². The Morgan fingerprint density at radius 3 is 1.75 bits per heavy atom. The van der Waals surface area contributed by atoms with Gasteiger partial charge in [0.05, 0.1) is 0 Å². The van der Waals surface area contributed by atoms with Gasteiger partial charge in [0.25, 0.3) is 0 Å². The Balaban J connectivity index is 0.000000200. The van der Waals surface area contributed by atoms with Gasteiger partial charge >= 0.3 is 11.9 Å². The third kappa shape index (κ3) is 4.61. The first-order chi connectivity index (χ1) is 9.34. The second-order valence-corrected chi connectivity index (χ2v) is 4.48. The lowest BCUT2D eigenvalue weighted by atomic mass is 10.1. The van der Waals surface area contributed by atoms with Gasteiger partial charge < -0.3 is 26.2 Å². The van der Waals surface area contributed by atoms with E-state index in [9.17, 15) is 9.59 Å². The summed E-state index contributed by atoms with van der Waals surface area (Å²) in [5, 5.41) is 32.5. The third-order valence-corrected chi connectivity index (χ3v) is 2.87. The predicted molar refractivity (Wildman–Crippen MR) is 69.1 cm³/mol. The third-order valence-electron chi connectivity index (χ3n) is 2.87. The van der Waals surface area contributed by atoms with Crippen molar-refractivity contribution in [2.45, 2.75) is 30.6 Å². The summed E-state index contributed by atoms with van der Waals surface area (Å²) in [5.74, 6) is -2.88. The van der Waals surface area contributed by atoms with E-state index in [1.807, 2.05) is 6.07 Å². The summed E-state index contributed by atoms with van der Waals surface area (Å²) < 4.78 is 0. The fourth-order valence-electron chi connectivity index (χ4n) is 1.57. The number of hydrogen-bond acceptors (Lipinski definition) is 5. The average Bonchev–Trinajstić information content (AvgIpc) is 3.15. The molecule has 7 heteroatoms. The highest BCUT2D eigenvalue weighted by molar-refractivity contribution is 5.83. The van der Waals surface area contributed by atoms with E-state index in [-0.39, 0.29) is 0 Å². The SMILES string of the molecule is N[C@H]1C[C@@H]1c1ccccc1.O=C(O)C(O)C(O)C(=O)O. The Hall–Kier alpha value is -1.96. The molecule has 1 aromatic rings. The molecule has 6 N–H and O–H groups in total. The highest BCUT2D eigenvalue weighted by Crippen LogP contribution is 2.38. The lowest BCUT2D eigenvalue weighted by Crippen LogP contribution is -2.39. The first-order valence-electron chi connectivity index (χ1n) is 5.97. The maximum atomic E-state index is 9.77. The topological polar surface area (TPSA) is 141 Å². The molecule has 0 radical (unpaired) electrons. The molecule has 0 aliphatic heterocycles. The van der Waals surface area contributed by atoms with Gasteiger partial charge in [0.15, 0.2) is 12.2 Å². The second kappa shape index (κ2) is 6.99. The number of carboxylic acid groups (broad SMARTS) is 2. The smallest absolute Gasteiger partial charge is 0.335 e. The molecule has 1 aliphatic carbocycles. The van der Waals surface area contributed by atoms with Crippen molar-refractivity contribution in [2.24, 2.45) is 5.73 Å². The lowest BCUT2D eigenvalue weighted by molar-refractivity contribution is -0.165. The minimum Gasteiger partial charge on any atom is -0.479 e. The predicted octanol–water partition coefficient (Wildman–Crippen LogP) is -0.621. The quantitative estimate of drug-likeness (QED) is 0.495. The van der Waals surface area contributed by atoms with Crippen LogP contribution in [0.3, 0.4) is 0 Å². The van der Waals surface area contributed by atoms with Crippen LogP contribution in [0, 0.1) is 0 Å². The minimum atomic E-state index is -2.27. The number of aliphatic hydroxyl groups excluding tert-OH is 2. The molecule has 0 amide bonds. The van der Waals surface area contributed by atoms with Crippen LogP contribution in [0.25, 0.3) is 0 Å². The molecular formula is C13H17NO6. The second-order valence-electron chi connectivity index (χ2n) is 4.48. The molecule has 1 aliphatic rings. The zero-order valence-corrected chi connectivity index (χ0v) is 10.6. The van der Waals surface area contributed by atoms with Crippen molar-refractivity contribution in [3.63, 3.8) is 0 Å². The standard InChI is InChI=1S/C9H11N.C4H6O6/c10-9-6-8(9)7-4-2-1-3-5-7;5-1(3(7)8)2(6)4(9)10/h1-5,8-9H,6,10H2;1-2,5-6H,(H,7,8)(H,9,10)/t8-,9+;/m1./s1. The number of hydrogen-bond donors (Lipinski definition) is 5. The summed E-state index contributed by atoms with van der Waals surface area (Å²) in [6.45, 7) is 0. The summed E-state index contributed by atoms with van der Waals surface area (Å²) in [7, 11) is 0. The molecule has 110 valence electrons. The number of aliphatic hydroxyl groups is 2. The van der Waals surface area contributed by atoms with E-state index in [2.05, 4.69) is 24.3 Å². The Labute approximate surface area is 115 Å². The summed E-state index contributed by atoms with van der Waals surface area (Å²) in [4.78, 5) is 19.5. The van der Waals surface area contributed by atoms with E-state index in [1.165, 1.54) is 12.0 Å². The van der Waals surface area contributed by atoms with E-state index in [0.717, 1.165) is 0 Å². The van der Waals surface area contributed by atoms with Crippen molar-refractivity contribution in [1.29, 1.82) is 0 Å². The zero-order chi connectivity index (χ0) is 15.3. The van der Waals surface area contributed by atoms with E-state index in [4.69, 9.17) is 26.2 Å². The normalized spacial score (nSPS) is 22.9. The molecule has 1 saturated carbocycles. The minimum absolute atomic E-state index is 0.433. The van der Waals surface area contributed by atoms with Crippen molar-refractivity contribution in [1.82, 2.24) is 0 Å². The van der Waals surface area contributed by atoms with Gasteiger partial charge in [-0.2, -0.15) is 0 Å². The van der Waals surface area contributed by atoms with Gasteiger partial charge in [0, 0.05) is 12.0 Å². The van der Waals surface area contributed by atoms with Crippen molar-refractivity contribution >= 4 is 11.9 Å². The Bertz CT molecular complexity index is 445. The Kier molecular flexibility index (Phi) is 5.63. The van der Waals surface area contributed by atoms with E-state index >= 15 is 0 Å². The number of rotatable bonds is 4. The van der Waals surface area contributed by atoms with Crippen molar-refractivity contribution in [3.05, 3.63) is 35.9 Å². The van der Waals surface area contributed by atoms with Crippen LogP contribution in [-0.2, 0) is 9.59 Å². The molecule has 0 aromatic heterocycles. The van der Waals surface area contributed by atoms with Gasteiger partial charge in [-0.1, -0.05) is 30.3 Å². The number of carbonyl (C=O) groups is 2. The molecule has 1 aromatic carbocycles. The van der Waals surface area contributed by atoms with Crippen LogP contribution in [0.1, 0.15) is 17.9 Å². The fraction of sp³-hybridized carbons (Fsp3) is 0.385. The molecule has 0 spiro atoms. The molecular weight excluding hydrogens is 266 g/mol. The summed E-state index contributed by atoms with van der Waals surface area (Å²) in [6, 6.07) is 10.9. The van der Waals surface area contributed by atoms with E-state index in [0.29, 0.717) is 12.0 Å². The van der Waals surface area contributed by atoms with E-state index in [1.54, 1.807) is 0 Å². The van der Waals surface area contributed by atoms with Crippen LogP contribution in [0.15, 0.2) is 30.3 Å². The largest absolute Gasteiger partial charge is 0.479 e. The van der Waals surface area contributed by atoms with Crippen molar-refractivity contribution in [2.75, 3.05) is 0 Å². The highest BCUT2D eigenvalue weighted by Gasteiger charge is 2.34. The zero-order valence-electron chi connectivity index (χ0n) is 10.6. The van der Waals surface area contributed by atoms with Crippen LogP contribution in [0.5, 0.6) is 0 Å². The van der Waals surface area contributed by atoms with Crippen LogP contribution < -0.4 is 5.73 Å². The van der Waals surface area contributed by atoms with Gasteiger partial charge in [-0.05, 0) is 12.0 Å². The summed E-state index contributed by atoms with van der Waals surface area (Å²) in [6.07, 6.45) is -3.36. The fourth-order valence-corrected chi connectivity index (χ4v) is 1.57. The molecule has 1 fully saturated rings. The Morgan fingerprint density at radius 2 is 1.45 bits per heavy atom. The molecule has 7 nitrogen and oxygen atoms in total. The average molecular weight is 283 g/mol. The van der Waals surface area contributed by atoms with Gasteiger partial charge in [-0.15, -0.1) is 0 Å². The Morgan fingerprint density at radius 1 is 1.05 bits per heavy atom. The monoisotopic (exact) mass is 283 g/mol. The summed E-state index contributed by atoms with van der Waals surface area (Å²) >= 11 is 0. The summed E-state index contributed by atoms with van der Waals surface area (Å²) in [5.41, 5.74) is 7.10. The number of carboxylic acids is 2. The highest BCUT2D eigenvalue weighted by atomic mass is 16.4. The maximum absolute atomic E-state index is 9.77. The van der Waals surface area contributed by atoms with Crippen LogP contribution in [-0.4, -0.2) is 50.6 Å². The molecule has 4 atom stereocenters. The molecule has 20 heavy (non-hydrogen) atoms. The van der Waals surface area contributed by atoms with Crippen LogP contribution in [0.2, 0.25) is 0 Å². The molecule has 0 heterocycles. The first kappa shape index (κ1) is 16.1. The van der Waals surface area contributed by atoms with Crippen molar-refractivity contribution in [3.8, 4) is 0 Å². The van der Waals surface area contributed by atoms with Gasteiger partial charge in [-0.25, -0.2) is 9.59 Å². The number of nitrogens with two attached hydrogens (primary N) is 1.